The zero-order valence-electron chi connectivity index (χ0n) is 16.6. The molecular formula is C21H22N4O4S. The molecule has 0 saturated heterocycles. The Labute approximate surface area is 175 Å². The van der Waals surface area contributed by atoms with Crippen LogP contribution >= 0.6 is 0 Å². The highest BCUT2D eigenvalue weighted by Gasteiger charge is 2.25. The summed E-state index contributed by atoms with van der Waals surface area (Å²) in [5.41, 5.74) is 3.26. The zero-order valence-corrected chi connectivity index (χ0v) is 17.5. The number of benzene rings is 3. The van der Waals surface area contributed by atoms with Crippen LogP contribution in [-0.4, -0.2) is 37.0 Å². The number of hydrogen-bond donors (Lipinski definition) is 1. The Morgan fingerprint density at radius 3 is 2.47 bits per heavy atom. The van der Waals surface area contributed by atoms with E-state index in [0.717, 1.165) is 22.4 Å². The van der Waals surface area contributed by atoms with Crippen LogP contribution in [0.15, 0.2) is 70.7 Å². The second kappa shape index (κ2) is 9.02. The van der Waals surface area contributed by atoms with Crippen molar-refractivity contribution in [2.75, 3.05) is 18.5 Å². The number of nitrogens with one attached hydrogen (secondary N) is 1. The van der Waals surface area contributed by atoms with Crippen molar-refractivity contribution in [3.63, 3.8) is 0 Å². The van der Waals surface area contributed by atoms with Gasteiger partial charge in [-0.25, -0.2) is 8.42 Å². The number of hydrazone groups is 1. The van der Waals surface area contributed by atoms with E-state index in [4.69, 9.17) is 0 Å². The van der Waals surface area contributed by atoms with Crippen molar-refractivity contribution in [1.82, 2.24) is 4.31 Å². The Morgan fingerprint density at radius 2 is 1.77 bits per heavy atom. The maximum atomic E-state index is 12.7. The predicted octanol–water partition coefficient (Wildman–Crippen LogP) is 4.22. The van der Waals surface area contributed by atoms with Gasteiger partial charge in [0.15, 0.2) is 0 Å². The fourth-order valence-electron chi connectivity index (χ4n) is 3.16. The third-order valence-corrected chi connectivity index (χ3v) is 6.77. The zero-order chi connectivity index (χ0) is 21.7. The molecule has 8 nitrogen and oxygen atoms in total. The first-order valence-corrected chi connectivity index (χ1v) is 10.9. The minimum Gasteiger partial charge on any atom is -0.272 e. The van der Waals surface area contributed by atoms with Gasteiger partial charge in [-0.1, -0.05) is 56.3 Å². The van der Waals surface area contributed by atoms with Crippen LogP contribution in [0.1, 0.15) is 19.4 Å². The van der Waals surface area contributed by atoms with E-state index in [2.05, 4.69) is 10.5 Å². The van der Waals surface area contributed by atoms with Gasteiger partial charge in [0.2, 0.25) is 10.0 Å². The third-order valence-electron chi connectivity index (χ3n) is 4.72. The Bertz CT molecular complexity index is 1200. The summed E-state index contributed by atoms with van der Waals surface area (Å²) in [6.45, 7) is 3.99. The number of anilines is 1. The lowest BCUT2D eigenvalue weighted by Crippen LogP contribution is -2.30. The second-order valence-electron chi connectivity index (χ2n) is 6.46. The molecule has 0 fully saturated rings. The maximum Gasteiger partial charge on any atom is 0.295 e. The topological polar surface area (TPSA) is 105 Å². The molecule has 30 heavy (non-hydrogen) atoms. The van der Waals surface area contributed by atoms with Crippen molar-refractivity contribution < 1.29 is 13.3 Å². The summed E-state index contributed by atoms with van der Waals surface area (Å²) in [5.74, 6) is 0. The number of rotatable bonds is 8. The number of fused-ring (bicyclic) bond motifs is 1. The summed E-state index contributed by atoms with van der Waals surface area (Å²) in [4.78, 5) is 10.8. The Balaban J connectivity index is 1.91. The van der Waals surface area contributed by atoms with Crippen LogP contribution < -0.4 is 5.43 Å². The van der Waals surface area contributed by atoms with Gasteiger partial charge >= 0.3 is 0 Å². The first kappa shape index (κ1) is 21.4. The standard InChI is InChI=1S/C21H22N4O4S/c1-3-24(4-2)30(28,29)18-12-13-20(21(14-18)25(26)27)23-22-15-17-10-7-9-16-8-5-6-11-19(16)17/h5-15,23H,3-4H2,1-2H3. The van der Waals surface area contributed by atoms with Crippen molar-refractivity contribution >= 4 is 38.4 Å². The van der Waals surface area contributed by atoms with Crippen molar-refractivity contribution in [3.8, 4) is 0 Å². The van der Waals surface area contributed by atoms with E-state index in [9.17, 15) is 18.5 Å². The van der Waals surface area contributed by atoms with Gasteiger partial charge in [0.05, 0.1) is 16.0 Å². The normalized spacial score (nSPS) is 12.0. The van der Waals surface area contributed by atoms with Crippen LogP contribution in [0, 0.1) is 10.1 Å². The van der Waals surface area contributed by atoms with Crippen LogP contribution in [0.25, 0.3) is 10.8 Å². The van der Waals surface area contributed by atoms with Crippen LogP contribution in [-0.2, 0) is 10.0 Å². The van der Waals surface area contributed by atoms with E-state index < -0.39 is 14.9 Å². The molecule has 0 radical (unpaired) electrons. The van der Waals surface area contributed by atoms with Crippen molar-refractivity contribution in [2.24, 2.45) is 5.10 Å². The number of nitro benzene ring substituents is 1. The number of nitro groups is 1. The molecule has 1 N–H and O–H groups in total. The van der Waals surface area contributed by atoms with Gasteiger partial charge in [0.1, 0.15) is 5.69 Å². The van der Waals surface area contributed by atoms with E-state index in [1.54, 1.807) is 20.1 Å². The largest absolute Gasteiger partial charge is 0.295 e. The summed E-state index contributed by atoms with van der Waals surface area (Å²) in [6.07, 6.45) is 1.58. The molecule has 0 aliphatic carbocycles. The van der Waals surface area contributed by atoms with Gasteiger partial charge in [-0.15, -0.1) is 0 Å². The average molecular weight is 426 g/mol. The Morgan fingerprint density at radius 1 is 1.07 bits per heavy atom. The third kappa shape index (κ3) is 4.32. The molecule has 9 heteroatoms. The Hall–Kier alpha value is -3.30. The molecule has 0 bridgehead atoms. The minimum absolute atomic E-state index is 0.106. The van der Waals surface area contributed by atoms with Crippen molar-refractivity contribution in [2.45, 2.75) is 18.7 Å². The first-order chi connectivity index (χ1) is 14.4. The minimum atomic E-state index is -3.80. The van der Waals surface area contributed by atoms with Crippen LogP contribution in [0.4, 0.5) is 11.4 Å². The maximum absolute atomic E-state index is 12.7. The molecule has 0 spiro atoms. The van der Waals surface area contributed by atoms with E-state index in [1.807, 2.05) is 42.5 Å². The molecule has 3 rings (SSSR count). The molecule has 0 saturated carbocycles. The molecule has 0 aliphatic heterocycles. The lowest BCUT2D eigenvalue weighted by atomic mass is 10.1. The molecule has 0 aromatic heterocycles. The molecule has 0 atom stereocenters. The fourth-order valence-corrected chi connectivity index (χ4v) is 4.64. The van der Waals surface area contributed by atoms with Crippen molar-refractivity contribution in [1.29, 1.82) is 0 Å². The van der Waals surface area contributed by atoms with Gasteiger partial charge in [-0.3, -0.25) is 15.5 Å². The summed E-state index contributed by atoms with van der Waals surface area (Å²) >= 11 is 0. The van der Waals surface area contributed by atoms with Gasteiger partial charge in [-0.2, -0.15) is 9.41 Å². The molecule has 0 unspecified atom stereocenters. The highest BCUT2D eigenvalue weighted by Crippen LogP contribution is 2.29. The molecule has 0 amide bonds. The molecular weight excluding hydrogens is 404 g/mol. The van der Waals surface area contributed by atoms with E-state index >= 15 is 0 Å². The number of hydrogen-bond acceptors (Lipinski definition) is 6. The van der Waals surface area contributed by atoms with Crippen LogP contribution in [0.3, 0.4) is 0 Å². The molecule has 3 aromatic carbocycles. The van der Waals surface area contributed by atoms with Gasteiger partial charge in [0, 0.05) is 24.7 Å². The summed E-state index contributed by atoms with van der Waals surface area (Å²) in [7, 11) is -3.80. The van der Waals surface area contributed by atoms with Gasteiger partial charge in [-0.05, 0) is 22.9 Å². The molecule has 3 aromatic rings. The monoisotopic (exact) mass is 426 g/mol. The Kier molecular flexibility index (Phi) is 6.43. The summed E-state index contributed by atoms with van der Waals surface area (Å²) in [6, 6.07) is 17.4. The van der Waals surface area contributed by atoms with Crippen LogP contribution in [0.5, 0.6) is 0 Å². The summed E-state index contributed by atoms with van der Waals surface area (Å²) < 4.78 is 26.6. The highest BCUT2D eigenvalue weighted by atomic mass is 32.2. The van der Waals surface area contributed by atoms with E-state index in [1.165, 1.54) is 16.4 Å². The van der Waals surface area contributed by atoms with Gasteiger partial charge in [0.25, 0.3) is 5.69 Å². The molecule has 0 heterocycles. The molecule has 0 aliphatic rings. The van der Waals surface area contributed by atoms with E-state index in [-0.39, 0.29) is 29.4 Å². The van der Waals surface area contributed by atoms with Crippen molar-refractivity contribution in [3.05, 3.63) is 76.3 Å². The smallest absolute Gasteiger partial charge is 0.272 e. The summed E-state index contributed by atoms with van der Waals surface area (Å²) in [5, 5.41) is 17.7. The number of nitrogens with zero attached hydrogens (tertiary/aromatic N) is 3. The lowest BCUT2D eigenvalue weighted by molar-refractivity contribution is -0.384. The average Bonchev–Trinajstić information content (AvgIpc) is 2.74. The predicted molar refractivity (Wildman–Crippen MR) is 118 cm³/mol. The van der Waals surface area contributed by atoms with Crippen LogP contribution in [0.2, 0.25) is 0 Å². The second-order valence-corrected chi connectivity index (χ2v) is 8.40. The highest BCUT2D eigenvalue weighted by molar-refractivity contribution is 7.89. The first-order valence-electron chi connectivity index (χ1n) is 9.44. The number of sulfonamides is 1. The van der Waals surface area contributed by atoms with Gasteiger partial charge < -0.3 is 0 Å². The molecule has 156 valence electrons. The quantitative estimate of drug-likeness (QED) is 0.330. The SMILES string of the molecule is CCN(CC)S(=O)(=O)c1ccc(NN=Cc2cccc3ccccc23)c([N+](=O)[O-])c1. The van der Waals surface area contributed by atoms with E-state index in [0.29, 0.717) is 0 Å². The lowest BCUT2D eigenvalue weighted by Gasteiger charge is -2.18. The fraction of sp³-hybridized carbons (Fsp3) is 0.190.